The molecule has 5 heteroatoms. The monoisotopic (exact) mass is 241 g/mol. The van der Waals surface area contributed by atoms with Crippen LogP contribution in [0, 0.1) is 5.41 Å². The summed E-state index contributed by atoms with van der Waals surface area (Å²) >= 11 is 0. The predicted molar refractivity (Wildman–Crippen MR) is 60.5 cm³/mol. The number of aliphatic carboxylic acids is 1. The Balaban J connectivity index is 1.97. The average molecular weight is 241 g/mol. The fraction of sp³-hybridized carbons (Fsp3) is 0.833. The van der Waals surface area contributed by atoms with Crippen LogP contribution in [0.25, 0.3) is 0 Å². The van der Waals surface area contributed by atoms with E-state index in [1.54, 1.807) is 6.92 Å². The molecule has 1 aliphatic carbocycles. The summed E-state index contributed by atoms with van der Waals surface area (Å²) in [6.07, 6.45) is 3.60. The van der Waals surface area contributed by atoms with Gasteiger partial charge in [0.1, 0.15) is 0 Å². The summed E-state index contributed by atoms with van der Waals surface area (Å²) in [5.74, 6) is -0.910. The standard InChI is InChI=1S/C12H19NO4/c1-8(7-10(14)15)13-11(16)12-4-2-3-9(12)17-6-5-12/h8-9H,2-7H2,1H3,(H,13,16)(H,14,15)/t8?,9-,12+/m1/s1. The third-order valence-electron chi connectivity index (χ3n) is 3.88. The maximum absolute atomic E-state index is 12.3. The molecule has 1 aliphatic heterocycles. The van der Waals surface area contributed by atoms with Gasteiger partial charge < -0.3 is 15.2 Å². The molecule has 0 aromatic carbocycles. The van der Waals surface area contributed by atoms with Gasteiger partial charge in [0.2, 0.25) is 5.91 Å². The molecule has 1 saturated carbocycles. The van der Waals surface area contributed by atoms with Gasteiger partial charge in [-0.15, -0.1) is 0 Å². The molecule has 2 N–H and O–H groups in total. The molecule has 0 aromatic rings. The van der Waals surface area contributed by atoms with Crippen LogP contribution in [-0.4, -0.2) is 35.7 Å². The van der Waals surface area contributed by atoms with Gasteiger partial charge in [-0.1, -0.05) is 0 Å². The zero-order valence-electron chi connectivity index (χ0n) is 10.1. The molecular weight excluding hydrogens is 222 g/mol. The quantitative estimate of drug-likeness (QED) is 0.767. The number of carboxylic acid groups (broad SMARTS) is 1. The van der Waals surface area contributed by atoms with Crippen LogP contribution in [-0.2, 0) is 14.3 Å². The lowest BCUT2D eigenvalue weighted by Gasteiger charge is -2.27. The number of fused-ring (bicyclic) bond motifs is 1. The van der Waals surface area contributed by atoms with Crippen molar-refractivity contribution in [3.8, 4) is 0 Å². The van der Waals surface area contributed by atoms with Crippen LogP contribution in [0.15, 0.2) is 0 Å². The van der Waals surface area contributed by atoms with Crippen LogP contribution in [0.1, 0.15) is 39.0 Å². The van der Waals surface area contributed by atoms with Crippen molar-refractivity contribution in [2.45, 2.75) is 51.2 Å². The molecule has 0 spiro atoms. The number of hydrogen-bond donors (Lipinski definition) is 2. The van der Waals surface area contributed by atoms with Crippen LogP contribution in [0.3, 0.4) is 0 Å². The summed E-state index contributed by atoms with van der Waals surface area (Å²) in [5.41, 5.74) is -0.382. The van der Waals surface area contributed by atoms with Gasteiger partial charge in [0, 0.05) is 12.6 Å². The van der Waals surface area contributed by atoms with Gasteiger partial charge >= 0.3 is 5.97 Å². The molecule has 1 saturated heterocycles. The summed E-state index contributed by atoms with van der Waals surface area (Å²) in [5, 5.41) is 11.5. The number of amides is 1. The lowest BCUT2D eigenvalue weighted by Crippen LogP contribution is -2.47. The molecule has 0 bridgehead atoms. The Morgan fingerprint density at radius 3 is 3.00 bits per heavy atom. The fourth-order valence-electron chi connectivity index (χ4n) is 3.01. The minimum atomic E-state index is -0.888. The molecule has 2 fully saturated rings. The zero-order valence-corrected chi connectivity index (χ0v) is 10.1. The van der Waals surface area contributed by atoms with Gasteiger partial charge in [-0.25, -0.2) is 0 Å². The highest BCUT2D eigenvalue weighted by atomic mass is 16.5. The van der Waals surface area contributed by atoms with Gasteiger partial charge in [0.05, 0.1) is 17.9 Å². The maximum Gasteiger partial charge on any atom is 0.305 e. The topological polar surface area (TPSA) is 75.6 Å². The Morgan fingerprint density at radius 1 is 1.53 bits per heavy atom. The molecule has 5 nitrogen and oxygen atoms in total. The number of rotatable bonds is 4. The van der Waals surface area contributed by atoms with Gasteiger partial charge in [-0.2, -0.15) is 0 Å². The number of nitrogens with one attached hydrogen (secondary N) is 1. The third-order valence-corrected chi connectivity index (χ3v) is 3.88. The van der Waals surface area contributed by atoms with Crippen molar-refractivity contribution in [3.63, 3.8) is 0 Å². The highest BCUT2D eigenvalue weighted by molar-refractivity contribution is 5.84. The lowest BCUT2D eigenvalue weighted by molar-refractivity contribution is -0.138. The van der Waals surface area contributed by atoms with Crippen LogP contribution < -0.4 is 5.32 Å². The number of carboxylic acids is 1. The Kier molecular flexibility index (Phi) is 3.38. The van der Waals surface area contributed by atoms with Crippen molar-refractivity contribution in [2.75, 3.05) is 6.61 Å². The minimum absolute atomic E-state index is 0.0220. The van der Waals surface area contributed by atoms with Crippen molar-refractivity contribution in [1.82, 2.24) is 5.32 Å². The second-order valence-corrected chi connectivity index (χ2v) is 5.13. The summed E-state index contributed by atoms with van der Waals surface area (Å²) < 4.78 is 5.59. The number of ether oxygens (including phenoxy) is 1. The first-order valence-corrected chi connectivity index (χ1v) is 6.19. The van der Waals surface area contributed by atoms with E-state index in [0.29, 0.717) is 6.61 Å². The number of hydrogen-bond acceptors (Lipinski definition) is 3. The van der Waals surface area contributed by atoms with Crippen molar-refractivity contribution >= 4 is 11.9 Å². The first-order valence-electron chi connectivity index (χ1n) is 6.19. The third kappa shape index (κ3) is 2.29. The van der Waals surface area contributed by atoms with Gasteiger partial charge in [0.15, 0.2) is 0 Å². The number of carbonyl (C=O) groups is 2. The molecule has 2 rings (SSSR count). The summed E-state index contributed by atoms with van der Waals surface area (Å²) in [7, 11) is 0. The Labute approximate surface area is 101 Å². The minimum Gasteiger partial charge on any atom is -0.481 e. The second-order valence-electron chi connectivity index (χ2n) is 5.13. The molecule has 1 amide bonds. The second kappa shape index (κ2) is 4.64. The zero-order chi connectivity index (χ0) is 12.5. The predicted octanol–water partition coefficient (Wildman–Crippen LogP) is 0.925. The van der Waals surface area contributed by atoms with E-state index in [1.807, 2.05) is 0 Å². The van der Waals surface area contributed by atoms with Crippen LogP contribution in [0.5, 0.6) is 0 Å². The molecule has 0 radical (unpaired) electrons. The van der Waals surface area contributed by atoms with E-state index in [0.717, 1.165) is 25.7 Å². The molecule has 2 aliphatic rings. The Morgan fingerprint density at radius 2 is 2.29 bits per heavy atom. The van der Waals surface area contributed by atoms with E-state index in [4.69, 9.17) is 9.84 Å². The first kappa shape index (κ1) is 12.4. The average Bonchev–Trinajstić information content (AvgIpc) is 2.73. The molecule has 1 heterocycles. The van der Waals surface area contributed by atoms with Crippen molar-refractivity contribution in [3.05, 3.63) is 0 Å². The highest BCUT2D eigenvalue weighted by Gasteiger charge is 2.52. The highest BCUT2D eigenvalue weighted by Crippen LogP contribution is 2.47. The first-order chi connectivity index (χ1) is 8.04. The summed E-state index contributed by atoms with van der Waals surface area (Å²) in [6.45, 7) is 2.37. The smallest absolute Gasteiger partial charge is 0.305 e. The van der Waals surface area contributed by atoms with Crippen molar-refractivity contribution < 1.29 is 19.4 Å². The van der Waals surface area contributed by atoms with Gasteiger partial charge in [-0.05, 0) is 32.6 Å². The van der Waals surface area contributed by atoms with Gasteiger partial charge in [-0.3, -0.25) is 9.59 Å². The van der Waals surface area contributed by atoms with E-state index in [1.165, 1.54) is 0 Å². The Bertz CT molecular complexity index is 318. The number of carbonyl (C=O) groups excluding carboxylic acids is 1. The normalized spacial score (nSPS) is 33.1. The molecule has 3 atom stereocenters. The maximum atomic E-state index is 12.3. The molecule has 17 heavy (non-hydrogen) atoms. The van der Waals surface area contributed by atoms with E-state index >= 15 is 0 Å². The summed E-state index contributed by atoms with van der Waals surface area (Å²) in [6, 6.07) is -0.323. The van der Waals surface area contributed by atoms with Gasteiger partial charge in [0.25, 0.3) is 0 Å². The fourth-order valence-corrected chi connectivity index (χ4v) is 3.01. The molecule has 1 unspecified atom stereocenters. The summed E-state index contributed by atoms with van der Waals surface area (Å²) in [4.78, 5) is 22.8. The van der Waals surface area contributed by atoms with E-state index < -0.39 is 5.97 Å². The van der Waals surface area contributed by atoms with Crippen molar-refractivity contribution in [2.24, 2.45) is 5.41 Å². The molecule has 0 aromatic heterocycles. The molecular formula is C12H19NO4. The van der Waals surface area contributed by atoms with Crippen molar-refractivity contribution in [1.29, 1.82) is 0 Å². The van der Waals surface area contributed by atoms with E-state index in [-0.39, 0.29) is 29.9 Å². The van der Waals surface area contributed by atoms with Crippen LogP contribution in [0.4, 0.5) is 0 Å². The SMILES string of the molecule is CC(CC(=O)O)NC(=O)[C@]12CCC[C@H]1OCC2. The van der Waals surface area contributed by atoms with E-state index in [9.17, 15) is 9.59 Å². The van der Waals surface area contributed by atoms with Crippen LogP contribution in [0.2, 0.25) is 0 Å². The lowest BCUT2D eigenvalue weighted by atomic mass is 9.81. The Hall–Kier alpha value is -1.10. The molecule has 96 valence electrons. The largest absolute Gasteiger partial charge is 0.481 e. The van der Waals surface area contributed by atoms with E-state index in [2.05, 4.69) is 5.32 Å². The van der Waals surface area contributed by atoms with Crippen LogP contribution >= 0.6 is 0 Å².